The first-order chi connectivity index (χ1) is 14.9. The Bertz CT molecular complexity index is 1050. The van der Waals surface area contributed by atoms with Crippen molar-refractivity contribution in [1.82, 2.24) is 9.13 Å². The smallest absolute Gasteiger partial charge is 0.332 e. The summed E-state index contributed by atoms with van der Waals surface area (Å²) in [4.78, 5) is 49.8. The Morgan fingerprint density at radius 3 is 2.45 bits per heavy atom. The molecule has 1 aliphatic rings. The van der Waals surface area contributed by atoms with E-state index in [4.69, 9.17) is 10.5 Å². The van der Waals surface area contributed by atoms with E-state index in [0.29, 0.717) is 5.92 Å². The van der Waals surface area contributed by atoms with Gasteiger partial charge in [0.15, 0.2) is 6.61 Å². The van der Waals surface area contributed by atoms with Gasteiger partial charge in [-0.2, -0.15) is 0 Å². The van der Waals surface area contributed by atoms with Crippen LogP contribution in [0.4, 0.5) is 5.82 Å². The number of esters is 1. The lowest BCUT2D eigenvalue weighted by Gasteiger charge is -2.20. The largest absolute Gasteiger partial charge is 0.457 e. The van der Waals surface area contributed by atoms with Gasteiger partial charge in [-0.25, -0.2) is 4.79 Å². The first-order valence-corrected chi connectivity index (χ1v) is 10.7. The van der Waals surface area contributed by atoms with Crippen LogP contribution in [0, 0.1) is 5.92 Å². The van der Waals surface area contributed by atoms with Gasteiger partial charge in [0.25, 0.3) is 5.56 Å². The molecule has 0 atom stereocenters. The number of carbonyl (C=O) groups excluding carboxylic acids is 2. The number of nitrogens with zero attached hydrogens (tertiary/aromatic N) is 2. The molecule has 1 saturated carbocycles. The van der Waals surface area contributed by atoms with Crippen molar-refractivity contribution >= 4 is 17.6 Å². The van der Waals surface area contributed by atoms with Crippen LogP contribution >= 0.6 is 0 Å². The van der Waals surface area contributed by atoms with Gasteiger partial charge in [0.2, 0.25) is 5.78 Å². The van der Waals surface area contributed by atoms with Gasteiger partial charge in [0, 0.05) is 13.5 Å². The number of hydrogen-bond donors (Lipinski definition) is 1. The number of Topliss-reactive ketones (excluding diaryl/α,β-unsaturated/α-hetero) is 1. The number of nitrogen functional groups attached to an aromatic ring is 1. The number of nitrogens with two attached hydrogens (primary N) is 1. The van der Waals surface area contributed by atoms with Gasteiger partial charge in [-0.05, 0) is 17.9 Å². The molecule has 0 saturated heterocycles. The Morgan fingerprint density at radius 1 is 1.10 bits per heavy atom. The summed E-state index contributed by atoms with van der Waals surface area (Å²) in [6.07, 6.45) is 6.89. The van der Waals surface area contributed by atoms with Crippen LogP contribution in [0.2, 0.25) is 0 Å². The average Bonchev–Trinajstić information content (AvgIpc) is 2.79. The molecule has 3 rings (SSSR count). The third-order valence-electron chi connectivity index (χ3n) is 5.89. The summed E-state index contributed by atoms with van der Waals surface area (Å²) >= 11 is 0. The summed E-state index contributed by atoms with van der Waals surface area (Å²) in [6.45, 7) is -0.465. The molecule has 0 aliphatic heterocycles. The molecule has 1 fully saturated rings. The molecule has 1 aliphatic carbocycles. The highest BCUT2D eigenvalue weighted by molar-refractivity contribution is 6.01. The summed E-state index contributed by atoms with van der Waals surface area (Å²) in [7, 11) is 1.29. The van der Waals surface area contributed by atoms with Crippen molar-refractivity contribution in [1.29, 1.82) is 0 Å². The summed E-state index contributed by atoms with van der Waals surface area (Å²) in [5, 5.41) is 0. The third kappa shape index (κ3) is 5.51. The second-order valence-corrected chi connectivity index (χ2v) is 8.11. The van der Waals surface area contributed by atoms with E-state index in [9.17, 15) is 19.2 Å². The van der Waals surface area contributed by atoms with E-state index in [1.54, 1.807) is 0 Å². The van der Waals surface area contributed by atoms with Crippen molar-refractivity contribution in [3.8, 4) is 0 Å². The Balaban J connectivity index is 1.70. The molecule has 2 aromatic rings. The van der Waals surface area contributed by atoms with Crippen molar-refractivity contribution in [3.05, 3.63) is 62.3 Å². The number of carbonyl (C=O) groups is 2. The fourth-order valence-electron chi connectivity index (χ4n) is 4.05. The van der Waals surface area contributed by atoms with Crippen LogP contribution in [-0.4, -0.2) is 27.5 Å². The second kappa shape index (κ2) is 10.2. The van der Waals surface area contributed by atoms with Gasteiger partial charge in [-0.1, -0.05) is 62.4 Å². The predicted molar refractivity (Wildman–Crippen MR) is 117 cm³/mol. The number of ketones is 1. The number of ether oxygens (including phenoxy) is 1. The number of aromatic nitrogens is 2. The van der Waals surface area contributed by atoms with Crippen LogP contribution in [-0.2, 0) is 23.1 Å². The monoisotopic (exact) mass is 427 g/mol. The quantitative estimate of drug-likeness (QED) is 0.511. The molecule has 31 heavy (non-hydrogen) atoms. The minimum absolute atomic E-state index is 0.112. The Labute approximate surface area is 180 Å². The van der Waals surface area contributed by atoms with Gasteiger partial charge in [-0.3, -0.25) is 23.5 Å². The van der Waals surface area contributed by atoms with E-state index < -0.39 is 29.6 Å². The first kappa shape index (κ1) is 22.5. The van der Waals surface area contributed by atoms with Crippen molar-refractivity contribution < 1.29 is 14.3 Å². The maximum atomic E-state index is 12.7. The van der Waals surface area contributed by atoms with Crippen molar-refractivity contribution in [2.45, 2.75) is 51.5 Å². The van der Waals surface area contributed by atoms with Gasteiger partial charge in [-0.15, -0.1) is 0 Å². The Hall–Kier alpha value is -3.16. The molecule has 0 bridgehead atoms. The van der Waals surface area contributed by atoms with Gasteiger partial charge >= 0.3 is 11.7 Å². The molecule has 8 nitrogen and oxygen atoms in total. The highest BCUT2D eigenvalue weighted by atomic mass is 16.5. The molecule has 0 spiro atoms. The van der Waals surface area contributed by atoms with Crippen molar-refractivity contribution in [2.24, 2.45) is 13.0 Å². The Kier molecular flexibility index (Phi) is 7.44. The lowest BCUT2D eigenvalue weighted by Crippen LogP contribution is -2.43. The topological polar surface area (TPSA) is 113 Å². The maximum absolute atomic E-state index is 12.7. The highest BCUT2D eigenvalue weighted by Gasteiger charge is 2.23. The minimum Gasteiger partial charge on any atom is -0.457 e. The summed E-state index contributed by atoms with van der Waals surface area (Å²) < 4.78 is 7.13. The van der Waals surface area contributed by atoms with Crippen LogP contribution < -0.4 is 17.0 Å². The predicted octanol–water partition coefficient (Wildman–Crippen LogP) is 2.26. The highest BCUT2D eigenvalue weighted by Crippen LogP contribution is 2.27. The molecule has 8 heteroatoms. The van der Waals surface area contributed by atoms with E-state index in [1.807, 2.05) is 30.3 Å². The standard InChI is InChI=1S/C23H29N3O5/c1-25-22(29)20(21(24)26(23(25)30)14-17-10-6-3-7-11-17)18(27)15-31-19(28)13-12-16-8-4-2-5-9-16/h3,6-7,10-11,16H,2,4-5,8-9,12-15,24H2,1H3. The molecule has 0 radical (unpaired) electrons. The minimum atomic E-state index is -0.796. The fraction of sp³-hybridized carbons (Fsp3) is 0.478. The Morgan fingerprint density at radius 2 is 1.77 bits per heavy atom. The van der Waals surface area contributed by atoms with Crippen molar-refractivity contribution in [2.75, 3.05) is 12.3 Å². The number of rotatable bonds is 8. The normalized spacial score (nSPS) is 14.4. The molecule has 166 valence electrons. The lowest BCUT2D eigenvalue weighted by atomic mass is 9.86. The van der Waals surface area contributed by atoms with Crippen molar-refractivity contribution in [3.63, 3.8) is 0 Å². The first-order valence-electron chi connectivity index (χ1n) is 10.7. The number of hydrogen-bond acceptors (Lipinski definition) is 6. The number of anilines is 1. The van der Waals surface area contributed by atoms with Crippen LogP contribution in [0.25, 0.3) is 0 Å². The SMILES string of the molecule is Cn1c(=O)c(C(=O)COC(=O)CCC2CCCCC2)c(N)n(Cc2ccccc2)c1=O. The molecule has 2 N–H and O–H groups in total. The van der Waals surface area contributed by atoms with E-state index in [0.717, 1.165) is 29.4 Å². The van der Waals surface area contributed by atoms with Crippen LogP contribution in [0.3, 0.4) is 0 Å². The van der Waals surface area contributed by atoms with Gasteiger partial charge in [0.05, 0.1) is 6.54 Å². The summed E-state index contributed by atoms with van der Waals surface area (Å²) in [6, 6.07) is 9.10. The second-order valence-electron chi connectivity index (χ2n) is 8.11. The lowest BCUT2D eigenvalue weighted by molar-refractivity contribution is -0.142. The van der Waals surface area contributed by atoms with E-state index in [2.05, 4.69) is 0 Å². The van der Waals surface area contributed by atoms with E-state index in [-0.39, 0.29) is 24.3 Å². The molecule has 0 amide bonds. The van der Waals surface area contributed by atoms with E-state index >= 15 is 0 Å². The van der Waals surface area contributed by atoms with E-state index in [1.165, 1.54) is 30.9 Å². The summed E-state index contributed by atoms with van der Waals surface area (Å²) in [5.74, 6) is -0.875. The van der Waals surface area contributed by atoms with Gasteiger partial charge in [0.1, 0.15) is 11.4 Å². The average molecular weight is 428 g/mol. The molecule has 1 heterocycles. The zero-order chi connectivity index (χ0) is 22.4. The third-order valence-corrected chi connectivity index (χ3v) is 5.89. The number of benzene rings is 1. The van der Waals surface area contributed by atoms with Gasteiger partial charge < -0.3 is 10.5 Å². The molecular formula is C23H29N3O5. The zero-order valence-electron chi connectivity index (χ0n) is 17.8. The van der Waals surface area contributed by atoms with Crippen LogP contribution in [0.1, 0.15) is 60.9 Å². The molecule has 1 aromatic heterocycles. The fourth-order valence-corrected chi connectivity index (χ4v) is 4.05. The summed E-state index contributed by atoms with van der Waals surface area (Å²) in [5.41, 5.74) is 5.10. The van der Waals surface area contributed by atoms with Crippen LogP contribution in [0.15, 0.2) is 39.9 Å². The molecule has 1 aromatic carbocycles. The zero-order valence-corrected chi connectivity index (χ0v) is 17.8. The molecular weight excluding hydrogens is 398 g/mol. The van der Waals surface area contributed by atoms with Crippen LogP contribution in [0.5, 0.6) is 0 Å². The molecule has 0 unspecified atom stereocenters. The maximum Gasteiger partial charge on any atom is 0.332 e.